The van der Waals surface area contributed by atoms with Gasteiger partial charge in [0.1, 0.15) is 0 Å². The fourth-order valence-electron chi connectivity index (χ4n) is 1.11. The summed E-state index contributed by atoms with van der Waals surface area (Å²) in [5.41, 5.74) is 0.588. The van der Waals surface area contributed by atoms with E-state index in [0.717, 1.165) is 7.11 Å². The van der Waals surface area contributed by atoms with E-state index < -0.39 is 0 Å². The topological polar surface area (TPSA) is 66.4 Å². The second-order valence-electron chi connectivity index (χ2n) is 3.15. The van der Waals surface area contributed by atoms with Crippen molar-refractivity contribution in [2.45, 2.75) is 0 Å². The summed E-state index contributed by atoms with van der Waals surface area (Å²) < 4.78 is 13.3. The molecule has 2 aromatic carbocycles. The molecule has 5 heteroatoms. The summed E-state index contributed by atoms with van der Waals surface area (Å²) >= 11 is 2.28. The number of aliphatic hydroxyl groups excluding tert-OH is 1. The Balaban J connectivity index is 0. The van der Waals surface area contributed by atoms with Gasteiger partial charge in [-0.05, 0) is 46.9 Å². The molecule has 0 radical (unpaired) electrons. The first-order chi connectivity index (χ1) is 10.2. The molecule has 2 aromatic rings. The van der Waals surface area contributed by atoms with Crippen molar-refractivity contribution in [3.8, 4) is 0 Å². The summed E-state index contributed by atoms with van der Waals surface area (Å²) in [6.07, 6.45) is 0. The summed E-state index contributed by atoms with van der Waals surface area (Å²) in [5, 5.41) is 7.00. The maximum absolute atomic E-state index is 10.8. The number of benzene rings is 2. The summed E-state index contributed by atoms with van der Waals surface area (Å²) in [4.78, 5) is 10.8. The van der Waals surface area contributed by atoms with Crippen molar-refractivity contribution in [3.63, 3.8) is 0 Å². The van der Waals surface area contributed by atoms with Gasteiger partial charge >= 0.3 is 17.3 Å². The molecule has 0 spiro atoms. The maximum atomic E-state index is 10.8. The van der Waals surface area contributed by atoms with Crippen LogP contribution in [0.4, 0.5) is 0 Å². The standard InChI is InChI=1S/C8H8O2.C6H5I.CH4O.CO/c1-10-8(9)7-5-3-2-4-6-7;7-6-4-2-1-3-5-6;2*1-2/h2-6H,1H3;1-5H;2H,1H3;. The Morgan fingerprint density at radius 1 is 1.00 bits per heavy atom. The number of carbonyl (C=O) groups is 1. The molecule has 0 amide bonds. The average molecular weight is 400 g/mol. The third kappa shape index (κ3) is 11.8. The Morgan fingerprint density at radius 2 is 1.38 bits per heavy atom. The van der Waals surface area contributed by atoms with Crippen LogP contribution >= 0.6 is 22.6 Å². The van der Waals surface area contributed by atoms with Gasteiger partial charge in [0.15, 0.2) is 0 Å². The fourth-order valence-corrected chi connectivity index (χ4v) is 1.52. The quantitative estimate of drug-likeness (QED) is 0.346. The first kappa shape index (κ1) is 21.6. The van der Waals surface area contributed by atoms with Crippen LogP contribution in [0.3, 0.4) is 0 Å². The minimum absolute atomic E-state index is 0.291. The van der Waals surface area contributed by atoms with Crippen LogP contribution in [0.5, 0.6) is 0 Å². The van der Waals surface area contributed by atoms with Gasteiger partial charge in [-0.3, -0.25) is 0 Å². The van der Waals surface area contributed by atoms with Crippen LogP contribution in [0.1, 0.15) is 10.4 Å². The minimum atomic E-state index is -0.291. The van der Waals surface area contributed by atoms with E-state index in [4.69, 9.17) is 9.76 Å². The number of ether oxygens (including phenoxy) is 1. The number of carbonyl (C=O) groups excluding carboxylic acids is 1. The van der Waals surface area contributed by atoms with Crippen LogP contribution in [0, 0.1) is 10.2 Å². The number of methoxy groups -OCH3 is 1. The Hall–Kier alpha value is -1.66. The molecule has 0 aliphatic rings. The van der Waals surface area contributed by atoms with Crippen molar-refractivity contribution >= 4 is 28.6 Å². The van der Waals surface area contributed by atoms with E-state index in [1.54, 1.807) is 24.3 Å². The molecule has 0 heterocycles. The Bertz CT molecular complexity index is 483. The summed E-state index contributed by atoms with van der Waals surface area (Å²) in [5.74, 6) is -0.291. The predicted molar refractivity (Wildman–Crippen MR) is 89.0 cm³/mol. The number of halogens is 1. The number of hydrogen-bond donors (Lipinski definition) is 1. The van der Waals surface area contributed by atoms with Crippen molar-refractivity contribution in [1.29, 1.82) is 0 Å². The van der Waals surface area contributed by atoms with Crippen molar-refractivity contribution in [3.05, 3.63) is 76.4 Å². The molecule has 4 nitrogen and oxygen atoms in total. The predicted octanol–water partition coefficient (Wildman–Crippen LogP) is 3.34. The molecule has 0 saturated carbocycles. The number of hydrogen-bond acceptors (Lipinski definition) is 3. The van der Waals surface area contributed by atoms with E-state index in [0.29, 0.717) is 5.56 Å². The molecule has 21 heavy (non-hydrogen) atoms. The molecular weight excluding hydrogens is 383 g/mol. The second-order valence-corrected chi connectivity index (χ2v) is 4.40. The molecule has 0 atom stereocenters. The third-order valence-corrected chi connectivity index (χ3v) is 2.65. The van der Waals surface area contributed by atoms with Gasteiger partial charge in [-0.25, -0.2) is 4.79 Å². The molecule has 0 fully saturated rings. The zero-order chi connectivity index (χ0) is 16.5. The van der Waals surface area contributed by atoms with E-state index in [1.807, 2.05) is 24.3 Å². The van der Waals surface area contributed by atoms with Crippen LogP contribution in [0.15, 0.2) is 60.7 Å². The van der Waals surface area contributed by atoms with Crippen molar-refractivity contribution in [1.82, 2.24) is 0 Å². The molecule has 0 bridgehead atoms. The molecule has 112 valence electrons. The van der Waals surface area contributed by atoms with Crippen molar-refractivity contribution < 1.29 is 19.3 Å². The average Bonchev–Trinajstić information content (AvgIpc) is 2.60. The van der Waals surface area contributed by atoms with Crippen molar-refractivity contribution in [2.24, 2.45) is 0 Å². The van der Waals surface area contributed by atoms with Crippen molar-refractivity contribution in [2.75, 3.05) is 14.2 Å². The van der Waals surface area contributed by atoms with Crippen LogP contribution in [-0.4, -0.2) is 25.3 Å². The van der Waals surface area contributed by atoms with Gasteiger partial charge in [-0.1, -0.05) is 36.4 Å². The summed E-state index contributed by atoms with van der Waals surface area (Å²) in [6.45, 7) is 4.50. The second kappa shape index (κ2) is 16.4. The molecule has 2 rings (SSSR count). The van der Waals surface area contributed by atoms with E-state index in [9.17, 15) is 4.79 Å². The first-order valence-electron chi connectivity index (χ1n) is 5.73. The van der Waals surface area contributed by atoms with Gasteiger partial charge in [0.25, 0.3) is 0 Å². The Kier molecular flexibility index (Phi) is 16.9. The van der Waals surface area contributed by atoms with Gasteiger partial charge in [0, 0.05) is 10.7 Å². The summed E-state index contributed by atoms with van der Waals surface area (Å²) in [6, 6.07) is 19.1. The Labute approximate surface area is 138 Å². The zero-order valence-electron chi connectivity index (χ0n) is 11.8. The summed E-state index contributed by atoms with van der Waals surface area (Å²) in [7, 11) is 2.37. The third-order valence-electron chi connectivity index (χ3n) is 1.93. The molecule has 0 saturated heterocycles. The SMILES string of the molecule is CO.COC(=O)c1ccccc1.Ic1ccccc1.[C-]#[O+]. The van der Waals surface area contributed by atoms with Gasteiger partial charge in [0.2, 0.25) is 0 Å². The first-order valence-corrected chi connectivity index (χ1v) is 6.81. The monoisotopic (exact) mass is 400 g/mol. The normalized spacial score (nSPS) is 7.52. The molecule has 0 aromatic heterocycles. The van der Waals surface area contributed by atoms with Gasteiger partial charge in [-0.15, -0.1) is 0 Å². The van der Waals surface area contributed by atoms with E-state index in [-0.39, 0.29) is 5.97 Å². The number of aliphatic hydroxyl groups is 1. The Morgan fingerprint density at radius 3 is 1.67 bits per heavy atom. The number of esters is 1. The molecule has 1 N–H and O–H groups in total. The number of rotatable bonds is 1. The van der Waals surface area contributed by atoms with Crippen LogP contribution in [0.25, 0.3) is 0 Å². The molecule has 0 aliphatic carbocycles. The van der Waals surface area contributed by atoms with Gasteiger partial charge in [0.05, 0.1) is 12.7 Å². The van der Waals surface area contributed by atoms with Gasteiger partial charge < -0.3 is 9.84 Å². The van der Waals surface area contributed by atoms with Crippen LogP contribution < -0.4 is 0 Å². The van der Waals surface area contributed by atoms with Crippen LogP contribution in [0.2, 0.25) is 0 Å². The van der Waals surface area contributed by atoms with E-state index in [2.05, 4.69) is 46.1 Å². The molecule has 0 unspecified atom stereocenters. The molecule has 0 aliphatic heterocycles. The molecular formula is C16H17IO4. The fraction of sp³-hybridized carbons (Fsp3) is 0.125. The van der Waals surface area contributed by atoms with E-state index >= 15 is 0 Å². The van der Waals surface area contributed by atoms with Crippen LogP contribution in [-0.2, 0) is 9.39 Å². The zero-order valence-corrected chi connectivity index (χ0v) is 14.0. The van der Waals surface area contributed by atoms with Gasteiger partial charge in [-0.2, -0.15) is 0 Å². The van der Waals surface area contributed by atoms with E-state index in [1.165, 1.54) is 10.7 Å².